The molecule has 0 fully saturated rings. The van der Waals surface area contributed by atoms with Crippen molar-refractivity contribution in [3.63, 3.8) is 0 Å². The summed E-state index contributed by atoms with van der Waals surface area (Å²) in [4.78, 5) is 36.5. The number of anilines is 1. The van der Waals surface area contributed by atoms with Crippen LogP contribution in [-0.2, 0) is 14.3 Å². The summed E-state index contributed by atoms with van der Waals surface area (Å²) >= 11 is 0. The zero-order valence-electron chi connectivity index (χ0n) is 18.8. The Labute approximate surface area is 200 Å². The number of hydrogen-bond acceptors (Lipinski definition) is 5. The van der Waals surface area contributed by atoms with Gasteiger partial charge in [0.2, 0.25) is 5.91 Å². The molecular weight excluding hydrogens is 455 g/mol. The van der Waals surface area contributed by atoms with Crippen molar-refractivity contribution < 1.29 is 33.4 Å². The third-order valence-corrected chi connectivity index (χ3v) is 5.76. The molecule has 3 N–H and O–H groups in total. The number of rotatable bonds is 8. The highest BCUT2D eigenvalue weighted by Crippen LogP contribution is 2.44. The second kappa shape index (κ2) is 10.3. The monoisotopic (exact) mass is 478 g/mol. The molecule has 0 spiro atoms. The molecule has 0 saturated carbocycles. The Balaban J connectivity index is 1.44. The van der Waals surface area contributed by atoms with E-state index in [1.807, 2.05) is 48.5 Å². The SMILES string of the molecule is COc1ccc(F)c(NC(=O)C(CC(=O)O)NC(=O)OCC2c3ccccc3-c3ccccc32)c1. The van der Waals surface area contributed by atoms with E-state index in [1.165, 1.54) is 19.2 Å². The molecule has 0 aliphatic heterocycles. The van der Waals surface area contributed by atoms with Crippen molar-refractivity contribution in [1.82, 2.24) is 5.32 Å². The van der Waals surface area contributed by atoms with Crippen LogP contribution in [0.1, 0.15) is 23.5 Å². The van der Waals surface area contributed by atoms with Crippen LogP contribution in [0, 0.1) is 5.82 Å². The summed E-state index contributed by atoms with van der Waals surface area (Å²) in [5.74, 6) is -2.88. The van der Waals surface area contributed by atoms with Gasteiger partial charge in [-0.25, -0.2) is 9.18 Å². The van der Waals surface area contributed by atoms with Gasteiger partial charge >= 0.3 is 12.1 Å². The van der Waals surface area contributed by atoms with Crippen LogP contribution >= 0.6 is 0 Å². The fourth-order valence-electron chi connectivity index (χ4n) is 4.11. The van der Waals surface area contributed by atoms with E-state index in [0.29, 0.717) is 5.75 Å². The Morgan fingerprint density at radius 3 is 2.23 bits per heavy atom. The molecule has 35 heavy (non-hydrogen) atoms. The molecule has 180 valence electrons. The lowest BCUT2D eigenvalue weighted by Crippen LogP contribution is -2.45. The van der Waals surface area contributed by atoms with Crippen LogP contribution in [0.25, 0.3) is 11.1 Å². The molecule has 0 radical (unpaired) electrons. The number of carboxylic acid groups (broad SMARTS) is 1. The Morgan fingerprint density at radius 1 is 1.00 bits per heavy atom. The average molecular weight is 478 g/mol. The summed E-state index contributed by atoms with van der Waals surface area (Å²) in [5, 5.41) is 13.8. The van der Waals surface area contributed by atoms with Gasteiger partial charge in [0, 0.05) is 12.0 Å². The zero-order chi connectivity index (χ0) is 24.9. The Kier molecular flexibility index (Phi) is 6.96. The van der Waals surface area contributed by atoms with Crippen molar-refractivity contribution in [2.24, 2.45) is 0 Å². The number of halogens is 1. The lowest BCUT2D eigenvalue weighted by molar-refractivity contribution is -0.139. The second-order valence-corrected chi connectivity index (χ2v) is 7.96. The van der Waals surface area contributed by atoms with Crippen molar-refractivity contribution in [3.05, 3.63) is 83.7 Å². The second-order valence-electron chi connectivity index (χ2n) is 7.96. The van der Waals surface area contributed by atoms with Gasteiger partial charge in [-0.2, -0.15) is 0 Å². The van der Waals surface area contributed by atoms with Gasteiger partial charge < -0.3 is 25.2 Å². The Bertz CT molecular complexity index is 1230. The van der Waals surface area contributed by atoms with Crippen LogP contribution in [-0.4, -0.2) is 42.8 Å². The molecule has 1 atom stereocenters. The van der Waals surface area contributed by atoms with Gasteiger partial charge in [-0.3, -0.25) is 9.59 Å². The quantitative estimate of drug-likeness (QED) is 0.448. The van der Waals surface area contributed by atoms with Crippen molar-refractivity contribution in [1.29, 1.82) is 0 Å². The number of alkyl carbamates (subject to hydrolysis) is 1. The third-order valence-electron chi connectivity index (χ3n) is 5.76. The number of fused-ring (bicyclic) bond motifs is 3. The number of carbonyl (C=O) groups is 3. The molecule has 0 saturated heterocycles. The van der Waals surface area contributed by atoms with E-state index in [4.69, 9.17) is 9.47 Å². The first-order valence-corrected chi connectivity index (χ1v) is 10.8. The summed E-state index contributed by atoms with van der Waals surface area (Å²) in [6.07, 6.45) is -1.68. The summed E-state index contributed by atoms with van der Waals surface area (Å²) in [7, 11) is 1.38. The first-order valence-electron chi connectivity index (χ1n) is 10.8. The lowest BCUT2D eigenvalue weighted by Gasteiger charge is -2.19. The molecule has 0 aromatic heterocycles. The fraction of sp³-hybridized carbons (Fsp3) is 0.192. The third kappa shape index (κ3) is 5.24. The maximum absolute atomic E-state index is 14.1. The van der Waals surface area contributed by atoms with E-state index in [9.17, 15) is 23.9 Å². The van der Waals surface area contributed by atoms with Crippen molar-refractivity contribution in [2.75, 3.05) is 19.0 Å². The highest BCUT2D eigenvalue weighted by Gasteiger charge is 2.30. The number of benzene rings is 3. The van der Waals surface area contributed by atoms with Crippen LogP contribution in [0.5, 0.6) is 5.75 Å². The molecule has 0 bridgehead atoms. The lowest BCUT2D eigenvalue weighted by atomic mass is 9.98. The van der Waals surface area contributed by atoms with E-state index in [2.05, 4.69) is 10.6 Å². The molecule has 8 nitrogen and oxygen atoms in total. The van der Waals surface area contributed by atoms with E-state index < -0.39 is 36.2 Å². The number of carbonyl (C=O) groups excluding carboxylic acids is 2. The van der Waals surface area contributed by atoms with Gasteiger partial charge in [-0.1, -0.05) is 48.5 Å². The predicted octanol–water partition coefficient (Wildman–Crippen LogP) is 4.15. The molecule has 3 aromatic rings. The van der Waals surface area contributed by atoms with Gasteiger partial charge in [0.15, 0.2) is 0 Å². The van der Waals surface area contributed by atoms with Gasteiger partial charge in [0.1, 0.15) is 24.2 Å². The first kappa shape index (κ1) is 23.7. The molecule has 1 unspecified atom stereocenters. The molecular formula is C26H23FN2O6. The number of ether oxygens (including phenoxy) is 2. The molecule has 4 rings (SSSR count). The minimum atomic E-state index is -1.49. The summed E-state index contributed by atoms with van der Waals surface area (Å²) in [5.41, 5.74) is 3.92. The zero-order valence-corrected chi connectivity index (χ0v) is 18.8. The molecule has 2 amide bonds. The van der Waals surface area contributed by atoms with E-state index in [0.717, 1.165) is 28.3 Å². The molecule has 0 heterocycles. The van der Waals surface area contributed by atoms with Gasteiger partial charge in [0.25, 0.3) is 0 Å². The Morgan fingerprint density at radius 2 is 1.63 bits per heavy atom. The Hall–Kier alpha value is -4.40. The molecule has 9 heteroatoms. The number of hydrogen-bond donors (Lipinski definition) is 3. The number of nitrogens with one attached hydrogen (secondary N) is 2. The van der Waals surface area contributed by atoms with Crippen LogP contribution < -0.4 is 15.4 Å². The first-order chi connectivity index (χ1) is 16.9. The standard InChI is InChI=1S/C26H23FN2O6/c1-34-15-10-11-21(27)22(12-15)28-25(32)23(13-24(30)31)29-26(33)35-14-20-18-8-4-2-6-16(18)17-7-3-5-9-19(17)20/h2-12,20,23H,13-14H2,1H3,(H,28,32)(H,29,33)(H,30,31). The number of methoxy groups -OCH3 is 1. The van der Waals surface area contributed by atoms with Crippen LogP contribution in [0.15, 0.2) is 66.7 Å². The van der Waals surface area contributed by atoms with Crippen molar-refractivity contribution in [3.8, 4) is 16.9 Å². The van der Waals surface area contributed by atoms with E-state index in [-0.39, 0.29) is 18.2 Å². The molecule has 3 aromatic carbocycles. The van der Waals surface area contributed by atoms with Crippen LogP contribution in [0.4, 0.5) is 14.9 Å². The minimum Gasteiger partial charge on any atom is -0.497 e. The van der Waals surface area contributed by atoms with Crippen LogP contribution in [0.3, 0.4) is 0 Å². The number of aliphatic carboxylic acids is 1. The van der Waals surface area contributed by atoms with Gasteiger partial charge in [-0.05, 0) is 34.4 Å². The number of amides is 2. The smallest absolute Gasteiger partial charge is 0.407 e. The maximum atomic E-state index is 14.1. The van der Waals surface area contributed by atoms with Crippen LogP contribution in [0.2, 0.25) is 0 Å². The molecule has 1 aliphatic carbocycles. The molecule has 1 aliphatic rings. The van der Waals surface area contributed by atoms with E-state index in [1.54, 1.807) is 0 Å². The summed E-state index contributed by atoms with van der Waals surface area (Å²) in [6.45, 7) is -0.00815. The predicted molar refractivity (Wildman–Crippen MR) is 126 cm³/mol. The maximum Gasteiger partial charge on any atom is 0.407 e. The van der Waals surface area contributed by atoms with Gasteiger partial charge in [-0.15, -0.1) is 0 Å². The van der Waals surface area contributed by atoms with E-state index >= 15 is 0 Å². The largest absolute Gasteiger partial charge is 0.497 e. The average Bonchev–Trinajstić information content (AvgIpc) is 3.17. The minimum absolute atomic E-state index is 0.00815. The summed E-state index contributed by atoms with van der Waals surface area (Å²) < 4.78 is 24.5. The van der Waals surface area contributed by atoms with Crippen molar-refractivity contribution in [2.45, 2.75) is 18.4 Å². The normalized spacial score (nSPS) is 12.7. The summed E-state index contributed by atoms with van der Waals surface area (Å²) in [6, 6.07) is 17.8. The highest BCUT2D eigenvalue weighted by atomic mass is 19.1. The number of carboxylic acids is 1. The van der Waals surface area contributed by atoms with Crippen molar-refractivity contribution >= 4 is 23.7 Å². The topological polar surface area (TPSA) is 114 Å². The van der Waals surface area contributed by atoms with Gasteiger partial charge in [0.05, 0.1) is 19.2 Å². The fourth-order valence-corrected chi connectivity index (χ4v) is 4.11. The highest BCUT2D eigenvalue weighted by molar-refractivity contribution is 5.98.